The summed E-state index contributed by atoms with van der Waals surface area (Å²) in [5.41, 5.74) is 2.08. The van der Waals surface area contributed by atoms with Gasteiger partial charge in [-0.05, 0) is 50.9 Å². The number of nitrogens with one attached hydrogen (secondary N) is 1. The van der Waals surface area contributed by atoms with E-state index in [2.05, 4.69) is 32.7 Å². The van der Waals surface area contributed by atoms with Gasteiger partial charge in [-0.3, -0.25) is 0 Å². The van der Waals surface area contributed by atoms with Gasteiger partial charge in [-0.1, -0.05) is 6.92 Å². The fourth-order valence-corrected chi connectivity index (χ4v) is 3.04. The zero-order chi connectivity index (χ0) is 13.8. The van der Waals surface area contributed by atoms with Gasteiger partial charge in [-0.2, -0.15) is 11.3 Å². The van der Waals surface area contributed by atoms with Crippen molar-refractivity contribution in [3.8, 4) is 5.75 Å². The molecule has 2 rings (SSSR count). The summed E-state index contributed by atoms with van der Waals surface area (Å²) < 4.78 is 19.3. The number of rotatable bonds is 5. The van der Waals surface area contributed by atoms with Crippen LogP contribution in [0.2, 0.25) is 0 Å². The summed E-state index contributed by atoms with van der Waals surface area (Å²) in [7, 11) is 1.56. The molecule has 1 heterocycles. The number of ether oxygens (including phenoxy) is 1. The third-order valence-electron chi connectivity index (χ3n) is 2.87. The van der Waals surface area contributed by atoms with Crippen molar-refractivity contribution >= 4 is 27.3 Å². The number of halogens is 2. The minimum absolute atomic E-state index is 0.00287. The number of thiophene rings is 1. The number of hydrogen-bond acceptors (Lipinski definition) is 3. The molecule has 1 atom stereocenters. The highest BCUT2D eigenvalue weighted by atomic mass is 79.9. The van der Waals surface area contributed by atoms with Crippen molar-refractivity contribution in [2.45, 2.75) is 13.0 Å². The van der Waals surface area contributed by atoms with Crippen LogP contribution in [-0.4, -0.2) is 13.7 Å². The lowest BCUT2D eigenvalue weighted by Gasteiger charge is -2.20. The van der Waals surface area contributed by atoms with E-state index in [1.165, 1.54) is 6.07 Å². The van der Waals surface area contributed by atoms with Crippen molar-refractivity contribution in [1.29, 1.82) is 0 Å². The zero-order valence-electron chi connectivity index (χ0n) is 10.7. The van der Waals surface area contributed by atoms with Crippen LogP contribution in [0, 0.1) is 5.82 Å². The molecule has 1 aromatic heterocycles. The van der Waals surface area contributed by atoms with E-state index in [0.29, 0.717) is 10.2 Å². The maximum Gasteiger partial charge on any atom is 0.141 e. The first-order valence-corrected chi connectivity index (χ1v) is 7.69. The Hall–Kier alpha value is -0.910. The summed E-state index contributed by atoms with van der Waals surface area (Å²) in [5.74, 6) is 0.235. The average Bonchev–Trinajstić information content (AvgIpc) is 2.92. The second-order valence-electron chi connectivity index (χ2n) is 4.06. The van der Waals surface area contributed by atoms with Crippen LogP contribution in [0.4, 0.5) is 4.39 Å². The molecule has 0 radical (unpaired) electrons. The predicted octanol–water partition coefficient (Wildman–Crippen LogP) is 4.36. The molecule has 0 aliphatic carbocycles. The Morgan fingerprint density at radius 1 is 1.47 bits per heavy atom. The Kier molecular flexibility index (Phi) is 4.96. The lowest BCUT2D eigenvalue weighted by molar-refractivity contribution is 0.400. The zero-order valence-corrected chi connectivity index (χ0v) is 13.1. The van der Waals surface area contributed by atoms with Gasteiger partial charge in [0.1, 0.15) is 11.6 Å². The lowest BCUT2D eigenvalue weighted by atomic mass is 10.00. The van der Waals surface area contributed by atoms with Gasteiger partial charge in [-0.15, -0.1) is 0 Å². The second-order valence-corrected chi connectivity index (χ2v) is 5.69. The van der Waals surface area contributed by atoms with E-state index < -0.39 is 0 Å². The summed E-state index contributed by atoms with van der Waals surface area (Å²) in [6.45, 7) is 2.86. The van der Waals surface area contributed by atoms with E-state index >= 15 is 0 Å². The van der Waals surface area contributed by atoms with Crippen LogP contribution < -0.4 is 10.1 Å². The monoisotopic (exact) mass is 343 g/mol. The highest BCUT2D eigenvalue weighted by Crippen LogP contribution is 2.34. The normalized spacial score (nSPS) is 12.4. The standard InChI is InChI=1S/C14H15BrFNOS/c1-3-17-14(9-4-5-19-8-9)10-6-11(15)12(16)7-13(10)18-2/h4-8,14,17H,3H2,1-2H3. The summed E-state index contributed by atoms with van der Waals surface area (Å²) >= 11 is 4.88. The summed E-state index contributed by atoms with van der Waals surface area (Å²) in [6.07, 6.45) is 0. The first-order chi connectivity index (χ1) is 9.17. The summed E-state index contributed by atoms with van der Waals surface area (Å²) in [6, 6.07) is 5.26. The fraction of sp³-hybridized carbons (Fsp3) is 0.286. The molecule has 0 aliphatic rings. The molecule has 5 heteroatoms. The average molecular weight is 344 g/mol. The molecule has 102 valence electrons. The molecule has 0 saturated carbocycles. The van der Waals surface area contributed by atoms with Crippen LogP contribution in [0.5, 0.6) is 5.75 Å². The van der Waals surface area contributed by atoms with Crippen LogP contribution in [0.1, 0.15) is 24.1 Å². The van der Waals surface area contributed by atoms with Gasteiger partial charge in [0.2, 0.25) is 0 Å². The first-order valence-electron chi connectivity index (χ1n) is 5.95. The Morgan fingerprint density at radius 3 is 2.84 bits per heavy atom. The smallest absolute Gasteiger partial charge is 0.141 e. The number of methoxy groups -OCH3 is 1. The van der Waals surface area contributed by atoms with Crippen molar-refractivity contribution in [1.82, 2.24) is 5.32 Å². The van der Waals surface area contributed by atoms with Crippen LogP contribution in [0.25, 0.3) is 0 Å². The van der Waals surface area contributed by atoms with E-state index in [1.54, 1.807) is 24.5 Å². The topological polar surface area (TPSA) is 21.3 Å². The minimum atomic E-state index is -0.318. The van der Waals surface area contributed by atoms with Crippen molar-refractivity contribution in [2.75, 3.05) is 13.7 Å². The van der Waals surface area contributed by atoms with Crippen LogP contribution in [0.15, 0.2) is 33.4 Å². The highest BCUT2D eigenvalue weighted by molar-refractivity contribution is 9.10. The van der Waals surface area contributed by atoms with Crippen LogP contribution in [0.3, 0.4) is 0 Å². The van der Waals surface area contributed by atoms with E-state index in [4.69, 9.17) is 4.74 Å². The molecule has 0 aliphatic heterocycles. The van der Waals surface area contributed by atoms with Gasteiger partial charge in [0, 0.05) is 11.6 Å². The van der Waals surface area contributed by atoms with Crippen LogP contribution in [-0.2, 0) is 0 Å². The quantitative estimate of drug-likeness (QED) is 0.870. The fourth-order valence-electron chi connectivity index (χ4n) is 2.00. The molecule has 19 heavy (non-hydrogen) atoms. The lowest BCUT2D eigenvalue weighted by Crippen LogP contribution is -2.22. The third-order valence-corrected chi connectivity index (χ3v) is 4.18. The maximum absolute atomic E-state index is 13.6. The molecular weight excluding hydrogens is 329 g/mol. The molecule has 1 aromatic carbocycles. The Labute approximate surface area is 124 Å². The summed E-state index contributed by atoms with van der Waals surface area (Å²) in [5, 5.41) is 7.53. The third kappa shape index (κ3) is 3.16. The largest absolute Gasteiger partial charge is 0.496 e. The van der Waals surface area contributed by atoms with E-state index in [-0.39, 0.29) is 11.9 Å². The van der Waals surface area contributed by atoms with Gasteiger partial charge in [0.05, 0.1) is 17.6 Å². The Balaban J connectivity index is 2.50. The van der Waals surface area contributed by atoms with Crippen LogP contribution >= 0.6 is 27.3 Å². The molecular formula is C14H15BrFNOS. The Morgan fingerprint density at radius 2 is 2.26 bits per heavy atom. The first kappa shape index (κ1) is 14.5. The SMILES string of the molecule is CCNC(c1ccsc1)c1cc(Br)c(F)cc1OC. The predicted molar refractivity (Wildman–Crippen MR) is 80.5 cm³/mol. The van der Waals surface area contributed by atoms with E-state index in [1.807, 2.05) is 12.3 Å². The molecule has 2 nitrogen and oxygen atoms in total. The van der Waals surface area contributed by atoms with Gasteiger partial charge in [0.25, 0.3) is 0 Å². The molecule has 0 fully saturated rings. The molecule has 0 amide bonds. The van der Waals surface area contributed by atoms with Gasteiger partial charge in [0.15, 0.2) is 0 Å². The molecule has 0 saturated heterocycles. The molecule has 2 aromatic rings. The van der Waals surface area contributed by atoms with Crippen molar-refractivity contribution in [3.05, 3.63) is 50.4 Å². The highest BCUT2D eigenvalue weighted by Gasteiger charge is 2.19. The van der Waals surface area contributed by atoms with Crippen molar-refractivity contribution in [2.24, 2.45) is 0 Å². The number of hydrogen-bond donors (Lipinski definition) is 1. The summed E-state index contributed by atoms with van der Waals surface area (Å²) in [4.78, 5) is 0. The van der Waals surface area contributed by atoms with E-state index in [0.717, 1.165) is 17.7 Å². The van der Waals surface area contributed by atoms with E-state index in [9.17, 15) is 4.39 Å². The van der Waals surface area contributed by atoms with Crippen molar-refractivity contribution < 1.29 is 9.13 Å². The Bertz CT molecular complexity index is 545. The van der Waals surface area contributed by atoms with Crippen molar-refractivity contribution in [3.63, 3.8) is 0 Å². The van der Waals surface area contributed by atoms with Gasteiger partial charge >= 0.3 is 0 Å². The number of benzene rings is 1. The maximum atomic E-state index is 13.6. The molecule has 1 unspecified atom stereocenters. The molecule has 1 N–H and O–H groups in total. The second kappa shape index (κ2) is 6.50. The molecule has 0 bridgehead atoms. The van der Waals surface area contributed by atoms with Gasteiger partial charge in [-0.25, -0.2) is 4.39 Å². The minimum Gasteiger partial charge on any atom is -0.496 e. The van der Waals surface area contributed by atoms with Gasteiger partial charge < -0.3 is 10.1 Å². The molecule has 0 spiro atoms.